The molecule has 3 aliphatic rings. The third-order valence-corrected chi connectivity index (χ3v) is 7.50. The summed E-state index contributed by atoms with van der Waals surface area (Å²) in [6, 6.07) is 0. The second kappa shape index (κ2) is 11.7. The molecule has 0 aliphatic carbocycles. The SMILES string of the molecule is CC(=O)O[C@@H](C)/C=C\C(=O)C[C@@H]1C[C@H](C)[C@H](C/C=C(C)/C=C/[C@@H]2OC(C)(C)C[C@@]3(CO3)[C@H]2O)O[C@@H]1C. The Hall–Kier alpha value is -1.80. The highest BCUT2D eigenvalue weighted by molar-refractivity contribution is 5.89. The van der Waals surface area contributed by atoms with Crippen molar-refractivity contribution in [1.29, 1.82) is 0 Å². The predicted octanol–water partition coefficient (Wildman–Crippen LogP) is 4.47. The molecule has 7 heteroatoms. The van der Waals surface area contributed by atoms with E-state index in [1.807, 2.05) is 39.8 Å². The smallest absolute Gasteiger partial charge is 0.303 e. The van der Waals surface area contributed by atoms with Gasteiger partial charge in [0.15, 0.2) is 5.78 Å². The van der Waals surface area contributed by atoms with Crippen LogP contribution in [0.3, 0.4) is 0 Å². The van der Waals surface area contributed by atoms with E-state index in [0.29, 0.717) is 25.4 Å². The molecule has 8 atom stereocenters. The van der Waals surface area contributed by atoms with Crippen molar-refractivity contribution in [3.8, 4) is 0 Å². The Kier molecular flexibility index (Phi) is 9.36. The zero-order valence-corrected chi connectivity index (χ0v) is 22.9. The molecule has 0 radical (unpaired) electrons. The highest BCUT2D eigenvalue weighted by atomic mass is 16.6. The molecule has 0 aromatic rings. The topological polar surface area (TPSA) is 94.6 Å². The second-order valence-corrected chi connectivity index (χ2v) is 11.6. The van der Waals surface area contributed by atoms with Gasteiger partial charge in [-0.15, -0.1) is 0 Å². The van der Waals surface area contributed by atoms with Gasteiger partial charge in [-0.3, -0.25) is 9.59 Å². The molecule has 7 nitrogen and oxygen atoms in total. The molecule has 3 heterocycles. The van der Waals surface area contributed by atoms with Crippen LogP contribution in [0.4, 0.5) is 0 Å². The number of allylic oxidation sites excluding steroid dienone is 3. The largest absolute Gasteiger partial charge is 0.459 e. The highest BCUT2D eigenvalue weighted by Crippen LogP contribution is 2.46. The summed E-state index contributed by atoms with van der Waals surface area (Å²) >= 11 is 0. The minimum atomic E-state index is -0.656. The van der Waals surface area contributed by atoms with E-state index < -0.39 is 23.9 Å². The van der Waals surface area contributed by atoms with Crippen molar-refractivity contribution in [1.82, 2.24) is 0 Å². The quantitative estimate of drug-likeness (QED) is 0.214. The molecule has 3 saturated heterocycles. The summed E-state index contributed by atoms with van der Waals surface area (Å²) in [4.78, 5) is 23.4. The minimum Gasteiger partial charge on any atom is -0.459 e. The lowest BCUT2D eigenvalue weighted by atomic mass is 9.81. The third-order valence-electron chi connectivity index (χ3n) is 7.50. The second-order valence-electron chi connectivity index (χ2n) is 11.6. The first-order valence-electron chi connectivity index (χ1n) is 13.2. The average Bonchev–Trinajstić information content (AvgIpc) is 3.54. The van der Waals surface area contributed by atoms with Crippen LogP contribution in [-0.2, 0) is 28.5 Å². The van der Waals surface area contributed by atoms with Crippen molar-refractivity contribution in [2.24, 2.45) is 11.8 Å². The predicted molar refractivity (Wildman–Crippen MR) is 137 cm³/mol. The van der Waals surface area contributed by atoms with Crippen molar-refractivity contribution in [2.45, 2.75) is 116 Å². The van der Waals surface area contributed by atoms with Crippen molar-refractivity contribution >= 4 is 11.8 Å². The summed E-state index contributed by atoms with van der Waals surface area (Å²) in [5.74, 6) is 0.146. The average molecular weight is 505 g/mol. The van der Waals surface area contributed by atoms with Crippen molar-refractivity contribution in [3.05, 3.63) is 36.0 Å². The number of hydrogen-bond donors (Lipinski definition) is 1. The van der Waals surface area contributed by atoms with Crippen molar-refractivity contribution in [2.75, 3.05) is 6.61 Å². The zero-order valence-electron chi connectivity index (χ0n) is 22.9. The van der Waals surface area contributed by atoms with Gasteiger partial charge < -0.3 is 24.1 Å². The molecular weight excluding hydrogens is 460 g/mol. The van der Waals surface area contributed by atoms with Gasteiger partial charge in [-0.05, 0) is 71.4 Å². The van der Waals surface area contributed by atoms with Crippen LogP contribution in [0.1, 0.15) is 74.1 Å². The van der Waals surface area contributed by atoms with E-state index in [-0.39, 0.29) is 35.5 Å². The first kappa shape index (κ1) is 28.8. The Balaban J connectivity index is 1.49. The Morgan fingerprint density at radius 3 is 2.53 bits per heavy atom. The monoisotopic (exact) mass is 504 g/mol. The van der Waals surface area contributed by atoms with E-state index in [2.05, 4.69) is 13.0 Å². The summed E-state index contributed by atoms with van der Waals surface area (Å²) in [6.07, 6.45) is 10.7. The molecule has 3 rings (SSSR count). The zero-order chi connectivity index (χ0) is 26.7. The number of rotatable bonds is 9. The summed E-state index contributed by atoms with van der Waals surface area (Å²) < 4.78 is 23.1. The Morgan fingerprint density at radius 2 is 1.89 bits per heavy atom. The fraction of sp³-hybridized carbons (Fsp3) is 0.724. The normalized spacial score (nSPS) is 37.4. The van der Waals surface area contributed by atoms with Crippen LogP contribution in [0.5, 0.6) is 0 Å². The van der Waals surface area contributed by atoms with E-state index in [1.165, 1.54) is 13.0 Å². The fourth-order valence-corrected chi connectivity index (χ4v) is 5.48. The molecule has 0 aromatic heterocycles. The Labute approximate surface area is 215 Å². The van der Waals surface area contributed by atoms with Crippen molar-refractivity contribution in [3.63, 3.8) is 0 Å². The van der Waals surface area contributed by atoms with Gasteiger partial charge in [-0.25, -0.2) is 0 Å². The number of hydrogen-bond acceptors (Lipinski definition) is 7. The van der Waals surface area contributed by atoms with Crippen molar-refractivity contribution < 1.29 is 33.6 Å². The van der Waals surface area contributed by atoms with Gasteiger partial charge in [-0.1, -0.05) is 30.7 Å². The van der Waals surface area contributed by atoms with Gasteiger partial charge >= 0.3 is 5.97 Å². The van der Waals surface area contributed by atoms with E-state index in [9.17, 15) is 14.7 Å². The summed E-state index contributed by atoms with van der Waals surface area (Å²) in [7, 11) is 0. The minimum absolute atomic E-state index is 0.0126. The molecule has 0 bridgehead atoms. The molecule has 1 N–H and O–H groups in total. The number of esters is 1. The maximum absolute atomic E-state index is 12.4. The Bertz CT molecular complexity index is 882. The van der Waals surface area contributed by atoms with E-state index >= 15 is 0 Å². The van der Waals surface area contributed by atoms with Crippen LogP contribution in [0, 0.1) is 11.8 Å². The van der Waals surface area contributed by atoms with Gasteiger partial charge in [0, 0.05) is 19.8 Å². The number of ether oxygens (including phenoxy) is 4. The number of aliphatic hydroxyl groups excluding tert-OH is 1. The van der Waals surface area contributed by atoms with Gasteiger partial charge in [-0.2, -0.15) is 0 Å². The summed E-state index contributed by atoms with van der Waals surface area (Å²) in [5.41, 5.74) is 0.301. The molecule has 0 unspecified atom stereocenters. The van der Waals surface area contributed by atoms with Crippen LogP contribution in [0.15, 0.2) is 36.0 Å². The van der Waals surface area contributed by atoms with Crippen LogP contribution >= 0.6 is 0 Å². The molecule has 202 valence electrons. The number of carbonyl (C=O) groups excluding carboxylic acids is 2. The third kappa shape index (κ3) is 7.85. The number of aliphatic hydroxyl groups is 1. The van der Waals surface area contributed by atoms with Crippen LogP contribution in [-0.4, -0.2) is 65.2 Å². The molecule has 3 aliphatic heterocycles. The Morgan fingerprint density at radius 1 is 1.19 bits per heavy atom. The van der Waals surface area contributed by atoms with Crippen LogP contribution in [0.25, 0.3) is 0 Å². The lowest BCUT2D eigenvalue weighted by Gasteiger charge is -2.41. The standard InChI is InChI=1S/C29H44O7/c1-18(9-13-26-27(32)29(17-33-29)16-28(6,7)36-26)8-12-25-19(2)14-23(21(4)35-25)15-24(31)11-10-20(3)34-22(5)30/h8-11,13,19-21,23,25-27,32H,12,14-17H2,1-7H3/b11-10-,13-9+,18-8+/t19-,20-,21+,23-,25-,26-,27-,29+/m0/s1. The van der Waals surface area contributed by atoms with E-state index in [4.69, 9.17) is 18.9 Å². The highest BCUT2D eigenvalue weighted by Gasteiger charge is 2.60. The molecule has 0 saturated carbocycles. The fourth-order valence-electron chi connectivity index (χ4n) is 5.48. The first-order chi connectivity index (χ1) is 16.8. The molecule has 3 fully saturated rings. The summed E-state index contributed by atoms with van der Waals surface area (Å²) in [5, 5.41) is 10.7. The van der Waals surface area contributed by atoms with E-state index in [0.717, 1.165) is 18.4 Å². The molecule has 36 heavy (non-hydrogen) atoms. The molecular formula is C29H44O7. The lowest BCUT2D eigenvalue weighted by Crippen LogP contribution is -2.53. The lowest BCUT2D eigenvalue weighted by molar-refractivity contribution is -0.171. The van der Waals surface area contributed by atoms with Gasteiger partial charge in [0.1, 0.15) is 23.9 Å². The molecule has 0 amide bonds. The maximum Gasteiger partial charge on any atom is 0.303 e. The van der Waals surface area contributed by atoms with Crippen LogP contribution < -0.4 is 0 Å². The summed E-state index contributed by atoms with van der Waals surface area (Å²) in [6.45, 7) is 14.0. The van der Waals surface area contributed by atoms with Crippen LogP contribution in [0.2, 0.25) is 0 Å². The molecule has 0 aromatic carbocycles. The van der Waals surface area contributed by atoms with E-state index in [1.54, 1.807) is 13.0 Å². The first-order valence-corrected chi connectivity index (χ1v) is 13.2. The number of carbonyl (C=O) groups is 2. The van der Waals surface area contributed by atoms with Gasteiger partial charge in [0.2, 0.25) is 0 Å². The maximum atomic E-state index is 12.4. The number of epoxide rings is 1. The van der Waals surface area contributed by atoms with Gasteiger partial charge in [0.05, 0.1) is 24.4 Å². The van der Waals surface area contributed by atoms with Gasteiger partial charge in [0.25, 0.3) is 0 Å². The molecule has 1 spiro atoms. The number of ketones is 1.